The molecule has 2 nitrogen and oxygen atoms in total. The lowest BCUT2D eigenvalue weighted by molar-refractivity contribution is 0.586. The minimum absolute atomic E-state index is 0.189. The molecule has 0 aliphatic carbocycles. The van der Waals surface area contributed by atoms with Gasteiger partial charge in [-0.05, 0) is 23.6 Å². The molecule has 0 atom stereocenters. The van der Waals surface area contributed by atoms with Crippen LogP contribution in [0.15, 0.2) is 54.0 Å². The molecule has 0 aliphatic rings. The van der Waals surface area contributed by atoms with Crippen LogP contribution in [0.25, 0.3) is 10.6 Å². The first-order chi connectivity index (χ1) is 8.83. The average molecular weight is 258 g/mol. The first-order valence-electron chi connectivity index (χ1n) is 5.64. The van der Waals surface area contributed by atoms with Crippen molar-refractivity contribution in [2.45, 2.75) is 6.54 Å². The monoisotopic (exact) mass is 258 g/mol. The maximum Gasteiger partial charge on any atom is 0.128 e. The normalized spacial score (nSPS) is 10.7. The Balaban J connectivity index is 1.85. The Labute approximate surface area is 108 Å². The summed E-state index contributed by atoms with van der Waals surface area (Å²) in [6.07, 6.45) is 1.88. The van der Waals surface area contributed by atoms with Crippen molar-refractivity contribution in [3.05, 3.63) is 65.4 Å². The number of halogens is 1. The molecule has 1 aromatic carbocycles. The minimum atomic E-state index is -0.189. The van der Waals surface area contributed by atoms with E-state index >= 15 is 0 Å². The number of thiophene rings is 1. The van der Waals surface area contributed by atoms with Gasteiger partial charge in [-0.1, -0.05) is 24.3 Å². The number of benzene rings is 1. The van der Waals surface area contributed by atoms with Gasteiger partial charge in [-0.25, -0.2) is 4.39 Å². The van der Waals surface area contributed by atoms with Crippen LogP contribution in [0.1, 0.15) is 5.56 Å². The van der Waals surface area contributed by atoms with Gasteiger partial charge in [-0.15, -0.1) is 11.3 Å². The number of hydrogen-bond acceptors (Lipinski definition) is 2. The number of rotatable bonds is 3. The molecule has 0 unspecified atom stereocenters. The fraction of sp³-hybridized carbons (Fsp3) is 0.0714. The van der Waals surface area contributed by atoms with Crippen molar-refractivity contribution in [1.82, 2.24) is 9.78 Å². The van der Waals surface area contributed by atoms with Crippen molar-refractivity contribution >= 4 is 11.3 Å². The van der Waals surface area contributed by atoms with Crippen molar-refractivity contribution in [2.75, 3.05) is 0 Å². The van der Waals surface area contributed by atoms with Crippen LogP contribution in [0, 0.1) is 5.82 Å². The van der Waals surface area contributed by atoms with E-state index in [9.17, 15) is 4.39 Å². The highest BCUT2D eigenvalue weighted by molar-refractivity contribution is 7.13. The molecule has 0 bridgehead atoms. The van der Waals surface area contributed by atoms with Gasteiger partial charge in [0.15, 0.2) is 0 Å². The quantitative estimate of drug-likeness (QED) is 0.698. The van der Waals surface area contributed by atoms with Gasteiger partial charge in [0.2, 0.25) is 0 Å². The highest BCUT2D eigenvalue weighted by Crippen LogP contribution is 2.22. The highest BCUT2D eigenvalue weighted by Gasteiger charge is 2.05. The van der Waals surface area contributed by atoms with Gasteiger partial charge in [0.25, 0.3) is 0 Å². The van der Waals surface area contributed by atoms with Crippen LogP contribution in [0.3, 0.4) is 0 Å². The van der Waals surface area contributed by atoms with E-state index < -0.39 is 0 Å². The molecule has 18 heavy (non-hydrogen) atoms. The first kappa shape index (κ1) is 11.2. The standard InChI is InChI=1S/C14H11FN2S/c15-12-5-2-1-4-11(12)10-17-8-7-13(16-17)14-6-3-9-18-14/h1-9H,10H2. The van der Waals surface area contributed by atoms with E-state index in [-0.39, 0.29) is 5.82 Å². The lowest BCUT2D eigenvalue weighted by atomic mass is 10.2. The van der Waals surface area contributed by atoms with Crippen LogP contribution < -0.4 is 0 Å². The molecule has 2 heterocycles. The number of hydrogen-bond donors (Lipinski definition) is 0. The molecule has 90 valence electrons. The summed E-state index contributed by atoms with van der Waals surface area (Å²) in [7, 11) is 0. The van der Waals surface area contributed by atoms with Crippen molar-refractivity contribution in [2.24, 2.45) is 0 Å². The van der Waals surface area contributed by atoms with E-state index in [4.69, 9.17) is 0 Å². The maximum atomic E-state index is 13.5. The smallest absolute Gasteiger partial charge is 0.128 e. The topological polar surface area (TPSA) is 17.8 Å². The third kappa shape index (κ3) is 2.19. The molecule has 0 fully saturated rings. The van der Waals surface area contributed by atoms with Gasteiger partial charge in [0.1, 0.15) is 11.5 Å². The van der Waals surface area contributed by atoms with Gasteiger partial charge < -0.3 is 0 Å². The summed E-state index contributed by atoms with van der Waals surface area (Å²) < 4.78 is 15.3. The van der Waals surface area contributed by atoms with Crippen LogP contribution in [-0.4, -0.2) is 9.78 Å². The predicted octanol–water partition coefficient (Wildman–Crippen LogP) is 3.80. The molecule has 0 radical (unpaired) electrons. The third-order valence-corrected chi connectivity index (χ3v) is 3.60. The summed E-state index contributed by atoms with van der Waals surface area (Å²) in [6, 6.07) is 12.8. The number of aromatic nitrogens is 2. The summed E-state index contributed by atoms with van der Waals surface area (Å²) in [5, 5.41) is 6.47. The SMILES string of the molecule is Fc1ccccc1Cn1ccc(-c2cccs2)n1. The summed E-state index contributed by atoms with van der Waals surface area (Å²) in [5.41, 5.74) is 1.58. The molecule has 0 aliphatic heterocycles. The van der Waals surface area contributed by atoms with Gasteiger partial charge in [-0.3, -0.25) is 4.68 Å². The molecule has 0 N–H and O–H groups in total. The summed E-state index contributed by atoms with van der Waals surface area (Å²) >= 11 is 1.65. The zero-order valence-corrected chi connectivity index (χ0v) is 10.4. The van der Waals surface area contributed by atoms with Crippen molar-refractivity contribution in [1.29, 1.82) is 0 Å². The minimum Gasteiger partial charge on any atom is -0.268 e. The van der Waals surface area contributed by atoms with Crippen LogP contribution in [-0.2, 0) is 6.54 Å². The molecule has 0 amide bonds. The Hall–Kier alpha value is -1.94. The number of nitrogens with zero attached hydrogens (tertiary/aromatic N) is 2. The second-order valence-electron chi connectivity index (χ2n) is 3.97. The molecule has 0 spiro atoms. The Morgan fingerprint density at radius 3 is 2.78 bits per heavy atom. The van der Waals surface area contributed by atoms with Gasteiger partial charge in [-0.2, -0.15) is 5.10 Å². The Morgan fingerprint density at radius 2 is 2.00 bits per heavy atom. The summed E-state index contributed by atoms with van der Waals surface area (Å²) in [5.74, 6) is -0.189. The summed E-state index contributed by atoms with van der Waals surface area (Å²) in [6.45, 7) is 0.456. The van der Waals surface area contributed by atoms with Crippen LogP contribution in [0.4, 0.5) is 4.39 Å². The molecular formula is C14H11FN2S. The molecule has 0 saturated carbocycles. The fourth-order valence-corrected chi connectivity index (χ4v) is 2.50. The van der Waals surface area contributed by atoms with Crippen molar-refractivity contribution < 1.29 is 4.39 Å². The molecule has 2 aromatic heterocycles. The van der Waals surface area contributed by atoms with Crippen LogP contribution in [0.2, 0.25) is 0 Å². The van der Waals surface area contributed by atoms with E-state index in [1.807, 2.05) is 35.8 Å². The molecule has 0 saturated heterocycles. The van der Waals surface area contributed by atoms with Crippen LogP contribution >= 0.6 is 11.3 Å². The second-order valence-corrected chi connectivity index (χ2v) is 4.91. The largest absolute Gasteiger partial charge is 0.268 e. The molecule has 4 heteroatoms. The lowest BCUT2D eigenvalue weighted by Gasteiger charge is -2.02. The molecule has 3 aromatic rings. The van der Waals surface area contributed by atoms with Gasteiger partial charge >= 0.3 is 0 Å². The van der Waals surface area contributed by atoms with E-state index in [1.165, 1.54) is 6.07 Å². The maximum absolute atomic E-state index is 13.5. The third-order valence-electron chi connectivity index (χ3n) is 2.70. The Bertz CT molecular complexity index is 643. The molecule has 3 rings (SSSR count). The lowest BCUT2D eigenvalue weighted by Crippen LogP contribution is -2.02. The first-order valence-corrected chi connectivity index (χ1v) is 6.51. The van der Waals surface area contributed by atoms with E-state index in [2.05, 4.69) is 5.10 Å². The van der Waals surface area contributed by atoms with Crippen LogP contribution in [0.5, 0.6) is 0 Å². The Kier molecular flexibility index (Phi) is 2.94. The Morgan fingerprint density at radius 1 is 1.11 bits per heavy atom. The van der Waals surface area contributed by atoms with E-state index in [1.54, 1.807) is 28.2 Å². The van der Waals surface area contributed by atoms with E-state index in [0.29, 0.717) is 12.1 Å². The highest BCUT2D eigenvalue weighted by atomic mass is 32.1. The zero-order chi connectivity index (χ0) is 12.4. The van der Waals surface area contributed by atoms with Crippen molar-refractivity contribution in [3.63, 3.8) is 0 Å². The second kappa shape index (κ2) is 4.74. The fourth-order valence-electron chi connectivity index (χ4n) is 1.81. The summed E-state index contributed by atoms with van der Waals surface area (Å²) in [4.78, 5) is 1.13. The van der Waals surface area contributed by atoms with Gasteiger partial charge in [0, 0.05) is 11.8 Å². The zero-order valence-electron chi connectivity index (χ0n) is 9.58. The predicted molar refractivity (Wildman–Crippen MR) is 71.0 cm³/mol. The average Bonchev–Trinajstić information content (AvgIpc) is 3.02. The van der Waals surface area contributed by atoms with Gasteiger partial charge in [0.05, 0.1) is 11.4 Å². The molecular weight excluding hydrogens is 247 g/mol. The van der Waals surface area contributed by atoms with Crippen molar-refractivity contribution in [3.8, 4) is 10.6 Å². The van der Waals surface area contributed by atoms with E-state index in [0.717, 1.165) is 10.6 Å².